The summed E-state index contributed by atoms with van der Waals surface area (Å²) in [6.07, 6.45) is 1.95. The minimum atomic E-state index is -0.159. The second kappa shape index (κ2) is 5.93. The van der Waals surface area contributed by atoms with Crippen LogP contribution in [0, 0.1) is 5.92 Å². The Hall–Kier alpha value is -1.75. The predicted octanol–water partition coefficient (Wildman–Crippen LogP) is 1.73. The molecule has 1 amide bonds. The highest BCUT2D eigenvalue weighted by molar-refractivity contribution is 5.95. The third kappa shape index (κ3) is 3.38. The summed E-state index contributed by atoms with van der Waals surface area (Å²) >= 11 is 0. The fourth-order valence-electron chi connectivity index (χ4n) is 2.30. The van der Waals surface area contributed by atoms with Crippen LogP contribution in [0.15, 0.2) is 18.2 Å². The monoisotopic (exact) mass is 264 g/mol. The van der Waals surface area contributed by atoms with E-state index < -0.39 is 0 Å². The number of anilines is 1. The van der Waals surface area contributed by atoms with Crippen molar-refractivity contribution in [1.82, 2.24) is 5.32 Å². The van der Waals surface area contributed by atoms with E-state index in [2.05, 4.69) is 17.6 Å². The molecule has 1 saturated heterocycles. The molecule has 1 aliphatic heterocycles. The van der Waals surface area contributed by atoms with Crippen molar-refractivity contribution in [3.05, 3.63) is 18.2 Å². The minimum absolute atomic E-state index is 0.0188. The van der Waals surface area contributed by atoms with Crippen LogP contribution in [0.3, 0.4) is 0 Å². The molecule has 0 saturated carbocycles. The van der Waals surface area contributed by atoms with E-state index in [-0.39, 0.29) is 17.7 Å². The Balaban J connectivity index is 2.00. The zero-order valence-corrected chi connectivity index (χ0v) is 11.3. The number of carbonyl (C=O) groups excluding carboxylic acids is 1. The van der Waals surface area contributed by atoms with Crippen LogP contribution in [0.1, 0.15) is 19.8 Å². The molecule has 3 N–H and O–H groups in total. The summed E-state index contributed by atoms with van der Waals surface area (Å²) in [6, 6.07) is 4.67. The molecule has 1 fully saturated rings. The van der Waals surface area contributed by atoms with Crippen LogP contribution < -0.4 is 15.4 Å². The number of ether oxygens (including phenoxy) is 1. The number of phenols is 1. The molecule has 2 rings (SSSR count). The van der Waals surface area contributed by atoms with Crippen LogP contribution in [-0.2, 0) is 4.79 Å². The predicted molar refractivity (Wildman–Crippen MR) is 73.5 cm³/mol. The van der Waals surface area contributed by atoms with E-state index in [9.17, 15) is 9.90 Å². The first kappa shape index (κ1) is 13.7. The summed E-state index contributed by atoms with van der Waals surface area (Å²) in [5.41, 5.74) is 0.573. The summed E-state index contributed by atoms with van der Waals surface area (Å²) in [5, 5.41) is 15.7. The lowest BCUT2D eigenvalue weighted by atomic mass is 9.94. The molecule has 5 heteroatoms. The van der Waals surface area contributed by atoms with Crippen molar-refractivity contribution in [2.24, 2.45) is 5.92 Å². The number of nitrogens with one attached hydrogen (secondary N) is 2. The molecule has 1 aromatic carbocycles. The molecular formula is C14H20N2O3. The van der Waals surface area contributed by atoms with Crippen LogP contribution in [0.5, 0.6) is 11.5 Å². The molecule has 0 bridgehead atoms. The van der Waals surface area contributed by atoms with Crippen molar-refractivity contribution in [1.29, 1.82) is 0 Å². The highest BCUT2D eigenvalue weighted by Gasteiger charge is 2.24. The van der Waals surface area contributed by atoms with Crippen molar-refractivity contribution >= 4 is 11.6 Å². The summed E-state index contributed by atoms with van der Waals surface area (Å²) in [7, 11) is 1.49. The van der Waals surface area contributed by atoms with Gasteiger partial charge >= 0.3 is 0 Å². The van der Waals surface area contributed by atoms with E-state index >= 15 is 0 Å². The largest absolute Gasteiger partial charge is 0.504 e. The fraction of sp³-hybridized carbons (Fsp3) is 0.500. The molecule has 1 aliphatic rings. The Morgan fingerprint density at radius 2 is 2.32 bits per heavy atom. The average molecular weight is 264 g/mol. The average Bonchev–Trinajstić information content (AvgIpc) is 2.39. The molecule has 0 radical (unpaired) electrons. The first-order valence-corrected chi connectivity index (χ1v) is 6.51. The van der Waals surface area contributed by atoms with Gasteiger partial charge in [0.1, 0.15) is 0 Å². The number of rotatable bonds is 3. The highest BCUT2D eigenvalue weighted by atomic mass is 16.5. The van der Waals surface area contributed by atoms with E-state index in [1.54, 1.807) is 12.1 Å². The molecule has 2 unspecified atom stereocenters. The molecule has 5 nitrogen and oxygen atoms in total. The SMILES string of the molecule is COc1ccc(NC(=O)C2CC(C)CCN2)cc1O. The van der Waals surface area contributed by atoms with E-state index in [0.29, 0.717) is 17.4 Å². The third-order valence-electron chi connectivity index (χ3n) is 3.43. The Bertz CT molecular complexity index is 462. The second-order valence-corrected chi connectivity index (χ2v) is 5.01. The summed E-state index contributed by atoms with van der Waals surface area (Å²) in [6.45, 7) is 3.02. The van der Waals surface area contributed by atoms with Crippen molar-refractivity contribution in [3.63, 3.8) is 0 Å². The van der Waals surface area contributed by atoms with Crippen molar-refractivity contribution < 1.29 is 14.6 Å². The lowest BCUT2D eigenvalue weighted by molar-refractivity contribution is -0.119. The molecule has 104 valence electrons. The molecule has 1 heterocycles. The van der Waals surface area contributed by atoms with Crippen LogP contribution >= 0.6 is 0 Å². The summed E-state index contributed by atoms with van der Waals surface area (Å²) in [4.78, 5) is 12.1. The van der Waals surface area contributed by atoms with Crippen molar-refractivity contribution in [2.75, 3.05) is 19.0 Å². The Morgan fingerprint density at radius 3 is 2.95 bits per heavy atom. The lowest BCUT2D eigenvalue weighted by Gasteiger charge is -2.27. The lowest BCUT2D eigenvalue weighted by Crippen LogP contribution is -2.45. The standard InChI is InChI=1S/C14H20N2O3/c1-9-5-6-15-11(7-9)14(18)16-10-3-4-13(19-2)12(17)8-10/h3-4,8-9,11,15,17H,5-7H2,1-2H3,(H,16,18). The van der Waals surface area contributed by atoms with E-state index in [1.807, 2.05) is 0 Å². The van der Waals surface area contributed by atoms with Gasteiger partial charge in [-0.1, -0.05) is 6.92 Å². The van der Waals surface area contributed by atoms with E-state index in [0.717, 1.165) is 19.4 Å². The Morgan fingerprint density at radius 1 is 1.53 bits per heavy atom. The van der Waals surface area contributed by atoms with Gasteiger partial charge in [0.05, 0.1) is 13.2 Å². The number of piperidine rings is 1. The van der Waals surface area contributed by atoms with Crippen LogP contribution in [0.25, 0.3) is 0 Å². The Labute approximate surface area is 113 Å². The highest BCUT2D eigenvalue weighted by Crippen LogP contribution is 2.28. The topological polar surface area (TPSA) is 70.6 Å². The van der Waals surface area contributed by atoms with Crippen molar-refractivity contribution in [3.8, 4) is 11.5 Å². The number of benzene rings is 1. The maximum absolute atomic E-state index is 12.1. The second-order valence-electron chi connectivity index (χ2n) is 5.01. The maximum Gasteiger partial charge on any atom is 0.241 e. The van der Waals surface area contributed by atoms with Gasteiger partial charge in [0.2, 0.25) is 5.91 Å². The first-order valence-electron chi connectivity index (χ1n) is 6.51. The molecule has 2 atom stereocenters. The van der Waals surface area contributed by atoms with Gasteiger partial charge in [-0.25, -0.2) is 0 Å². The van der Waals surface area contributed by atoms with Gasteiger partial charge in [-0.05, 0) is 37.4 Å². The molecule has 0 spiro atoms. The van der Waals surface area contributed by atoms with Crippen LogP contribution in [-0.4, -0.2) is 30.7 Å². The number of methoxy groups -OCH3 is 1. The van der Waals surface area contributed by atoms with Gasteiger partial charge in [0.15, 0.2) is 11.5 Å². The van der Waals surface area contributed by atoms with Crippen LogP contribution in [0.4, 0.5) is 5.69 Å². The number of phenolic OH excluding ortho intramolecular Hbond substituents is 1. The quantitative estimate of drug-likeness (QED) is 0.777. The fourth-order valence-corrected chi connectivity index (χ4v) is 2.30. The van der Waals surface area contributed by atoms with Gasteiger partial charge in [-0.15, -0.1) is 0 Å². The maximum atomic E-state index is 12.1. The van der Waals surface area contributed by atoms with Gasteiger partial charge in [-0.2, -0.15) is 0 Å². The number of amides is 1. The Kier molecular flexibility index (Phi) is 4.27. The number of hydrogen-bond donors (Lipinski definition) is 3. The van der Waals surface area contributed by atoms with E-state index in [4.69, 9.17) is 4.74 Å². The molecular weight excluding hydrogens is 244 g/mol. The van der Waals surface area contributed by atoms with Crippen molar-refractivity contribution in [2.45, 2.75) is 25.8 Å². The zero-order valence-electron chi connectivity index (χ0n) is 11.3. The third-order valence-corrected chi connectivity index (χ3v) is 3.43. The first-order chi connectivity index (χ1) is 9.10. The van der Waals surface area contributed by atoms with Gasteiger partial charge < -0.3 is 20.5 Å². The number of hydrogen-bond acceptors (Lipinski definition) is 4. The molecule has 1 aromatic rings. The van der Waals surface area contributed by atoms with Crippen LogP contribution in [0.2, 0.25) is 0 Å². The van der Waals surface area contributed by atoms with Gasteiger partial charge in [0.25, 0.3) is 0 Å². The minimum Gasteiger partial charge on any atom is -0.504 e. The number of carbonyl (C=O) groups is 1. The molecule has 19 heavy (non-hydrogen) atoms. The summed E-state index contributed by atoms with van der Waals surface area (Å²) < 4.78 is 4.96. The zero-order chi connectivity index (χ0) is 13.8. The number of aromatic hydroxyl groups is 1. The van der Waals surface area contributed by atoms with Gasteiger partial charge in [0, 0.05) is 11.8 Å². The van der Waals surface area contributed by atoms with Gasteiger partial charge in [-0.3, -0.25) is 4.79 Å². The smallest absolute Gasteiger partial charge is 0.241 e. The molecule has 0 aliphatic carbocycles. The van der Waals surface area contributed by atoms with E-state index in [1.165, 1.54) is 13.2 Å². The normalized spacial score (nSPS) is 22.8. The molecule has 0 aromatic heterocycles. The summed E-state index contributed by atoms with van der Waals surface area (Å²) in [5.74, 6) is 0.907.